The van der Waals surface area contributed by atoms with Crippen molar-refractivity contribution in [1.29, 1.82) is 0 Å². The number of hydrogen-bond acceptors (Lipinski definition) is 6. The van der Waals surface area contributed by atoms with Crippen LogP contribution in [-0.4, -0.2) is 62.8 Å². The molecular weight excluding hydrogens is 203 g/mol. The summed E-state index contributed by atoms with van der Waals surface area (Å²) in [5.41, 5.74) is 0. The molecule has 15 heavy (non-hydrogen) atoms. The molecule has 1 fully saturated rings. The van der Waals surface area contributed by atoms with Crippen LogP contribution in [0.3, 0.4) is 0 Å². The van der Waals surface area contributed by atoms with Gasteiger partial charge < -0.3 is 28.9 Å². The minimum atomic E-state index is -0.790. The monoisotopic (exact) mass is 220 g/mol. The molecule has 1 heterocycles. The predicted octanol–water partition coefficient (Wildman–Crippen LogP) is -1.21. The lowest BCUT2D eigenvalue weighted by Gasteiger charge is -2.13. The van der Waals surface area contributed by atoms with Crippen molar-refractivity contribution in [3.63, 3.8) is 0 Å². The van der Waals surface area contributed by atoms with Gasteiger partial charge >= 0.3 is 7.32 Å². The lowest BCUT2D eigenvalue weighted by molar-refractivity contribution is 0.00184. The Morgan fingerprint density at radius 3 is 2.60 bits per heavy atom. The molecular formula is C8H17BO6. The zero-order valence-corrected chi connectivity index (χ0v) is 8.96. The van der Waals surface area contributed by atoms with E-state index in [0.717, 1.165) is 0 Å². The minimum absolute atomic E-state index is 0.102. The first kappa shape index (κ1) is 12.9. The highest BCUT2D eigenvalue weighted by atomic mass is 16.8. The van der Waals surface area contributed by atoms with Crippen molar-refractivity contribution in [2.24, 2.45) is 0 Å². The van der Waals surface area contributed by atoms with Crippen LogP contribution in [0.4, 0.5) is 0 Å². The van der Waals surface area contributed by atoms with Gasteiger partial charge in [-0.1, -0.05) is 0 Å². The van der Waals surface area contributed by atoms with Crippen molar-refractivity contribution in [2.75, 3.05) is 26.9 Å². The summed E-state index contributed by atoms with van der Waals surface area (Å²) in [5.74, 6) is 0. The Hall–Kier alpha value is -0.175. The zero-order valence-electron chi connectivity index (χ0n) is 8.96. The quantitative estimate of drug-likeness (QED) is 0.547. The smallest absolute Gasteiger partial charge is 0.394 e. The van der Waals surface area contributed by atoms with Crippen molar-refractivity contribution < 1.29 is 28.9 Å². The average Bonchev–Trinajstić information content (AvgIpc) is 2.60. The van der Waals surface area contributed by atoms with Crippen LogP contribution in [-0.2, 0) is 18.7 Å². The number of aliphatic hydroxyl groups excluding tert-OH is 2. The maximum Gasteiger partial charge on any atom is 0.640 e. The number of aliphatic hydroxyl groups is 2. The first-order valence-corrected chi connectivity index (χ1v) is 4.88. The second-order valence-corrected chi connectivity index (χ2v) is 3.36. The molecule has 88 valence electrons. The van der Waals surface area contributed by atoms with Crippen LogP contribution in [0.15, 0.2) is 0 Å². The standard InChI is InChI=1S/C8H17BO6/c1-6-8(4-11)15-9(14-6)13-5-7(3-10)12-2/h6-8,10-11H,3-5H2,1-2H3. The fourth-order valence-corrected chi connectivity index (χ4v) is 1.20. The van der Waals surface area contributed by atoms with Crippen LogP contribution in [0.5, 0.6) is 0 Å². The lowest BCUT2D eigenvalue weighted by Crippen LogP contribution is -2.30. The maximum atomic E-state index is 8.90. The fraction of sp³-hybridized carbons (Fsp3) is 1.00. The van der Waals surface area contributed by atoms with Crippen molar-refractivity contribution >= 4 is 7.32 Å². The van der Waals surface area contributed by atoms with E-state index >= 15 is 0 Å². The van der Waals surface area contributed by atoms with E-state index in [0.29, 0.717) is 0 Å². The maximum absolute atomic E-state index is 8.90. The summed E-state index contributed by atoms with van der Waals surface area (Å²) in [6.07, 6.45) is -0.944. The number of methoxy groups -OCH3 is 1. The Morgan fingerprint density at radius 1 is 1.40 bits per heavy atom. The molecule has 0 aromatic rings. The van der Waals surface area contributed by atoms with E-state index in [2.05, 4.69) is 0 Å². The molecule has 1 saturated heterocycles. The van der Waals surface area contributed by atoms with Gasteiger partial charge in [0.2, 0.25) is 0 Å². The van der Waals surface area contributed by atoms with Gasteiger partial charge in [-0.2, -0.15) is 0 Å². The highest BCUT2D eigenvalue weighted by molar-refractivity contribution is 6.37. The highest BCUT2D eigenvalue weighted by Gasteiger charge is 2.39. The van der Waals surface area contributed by atoms with Crippen LogP contribution in [0.1, 0.15) is 6.92 Å². The third kappa shape index (κ3) is 3.71. The van der Waals surface area contributed by atoms with Gasteiger partial charge in [0.25, 0.3) is 0 Å². The molecule has 1 aliphatic heterocycles. The van der Waals surface area contributed by atoms with Gasteiger partial charge in [0, 0.05) is 7.11 Å². The second-order valence-electron chi connectivity index (χ2n) is 3.36. The third-order valence-electron chi connectivity index (χ3n) is 2.27. The normalized spacial score (nSPS) is 28.4. The number of rotatable bonds is 6. The Morgan fingerprint density at radius 2 is 2.13 bits per heavy atom. The molecule has 0 amide bonds. The highest BCUT2D eigenvalue weighted by Crippen LogP contribution is 2.16. The summed E-state index contributed by atoms with van der Waals surface area (Å²) in [6, 6.07) is 0. The van der Waals surface area contributed by atoms with Crippen LogP contribution >= 0.6 is 0 Å². The van der Waals surface area contributed by atoms with Gasteiger partial charge in [0.15, 0.2) is 0 Å². The first-order chi connectivity index (χ1) is 7.21. The number of ether oxygens (including phenoxy) is 1. The van der Waals surface area contributed by atoms with Crippen LogP contribution in [0.2, 0.25) is 0 Å². The third-order valence-corrected chi connectivity index (χ3v) is 2.27. The molecule has 3 atom stereocenters. The molecule has 0 radical (unpaired) electrons. The van der Waals surface area contributed by atoms with E-state index in [4.69, 9.17) is 28.9 Å². The summed E-state index contributed by atoms with van der Waals surface area (Å²) in [5, 5.41) is 17.7. The van der Waals surface area contributed by atoms with Gasteiger partial charge in [-0.25, -0.2) is 0 Å². The second kappa shape index (κ2) is 6.42. The van der Waals surface area contributed by atoms with Crippen LogP contribution in [0, 0.1) is 0 Å². The molecule has 0 saturated carbocycles. The Balaban J connectivity index is 2.23. The van der Waals surface area contributed by atoms with Crippen LogP contribution in [0.25, 0.3) is 0 Å². The van der Waals surface area contributed by atoms with E-state index in [-0.39, 0.29) is 38.1 Å². The van der Waals surface area contributed by atoms with Gasteiger partial charge in [0.05, 0.1) is 32.0 Å². The van der Waals surface area contributed by atoms with Crippen molar-refractivity contribution in [3.8, 4) is 0 Å². The summed E-state index contributed by atoms with van der Waals surface area (Å²) in [6.45, 7) is 1.75. The first-order valence-electron chi connectivity index (χ1n) is 4.88. The molecule has 0 aromatic carbocycles. The van der Waals surface area contributed by atoms with Gasteiger partial charge in [-0.15, -0.1) is 0 Å². The fourth-order valence-electron chi connectivity index (χ4n) is 1.20. The van der Waals surface area contributed by atoms with Gasteiger partial charge in [-0.3, -0.25) is 0 Å². The molecule has 6 nitrogen and oxygen atoms in total. The molecule has 0 bridgehead atoms. The molecule has 1 rings (SSSR count). The molecule has 2 N–H and O–H groups in total. The number of hydrogen-bond donors (Lipinski definition) is 2. The predicted molar refractivity (Wildman–Crippen MR) is 52.1 cm³/mol. The molecule has 3 unspecified atom stereocenters. The SMILES string of the molecule is COC(CO)COB1OC(C)C(CO)O1. The lowest BCUT2D eigenvalue weighted by atomic mass is 10.2. The Labute approximate surface area is 89.3 Å². The largest absolute Gasteiger partial charge is 0.640 e. The van der Waals surface area contributed by atoms with E-state index in [9.17, 15) is 0 Å². The van der Waals surface area contributed by atoms with E-state index in [1.165, 1.54) is 7.11 Å². The van der Waals surface area contributed by atoms with Crippen molar-refractivity contribution in [2.45, 2.75) is 25.2 Å². The average molecular weight is 220 g/mol. The molecule has 1 aliphatic rings. The molecule has 0 aromatic heterocycles. The van der Waals surface area contributed by atoms with Gasteiger partial charge in [-0.05, 0) is 6.92 Å². The van der Waals surface area contributed by atoms with Gasteiger partial charge in [0.1, 0.15) is 6.10 Å². The molecule has 0 aliphatic carbocycles. The topological polar surface area (TPSA) is 77.4 Å². The Kier molecular flexibility index (Phi) is 5.52. The zero-order chi connectivity index (χ0) is 11.3. The van der Waals surface area contributed by atoms with Crippen molar-refractivity contribution in [3.05, 3.63) is 0 Å². The molecule has 7 heteroatoms. The summed E-state index contributed by atoms with van der Waals surface area (Å²) >= 11 is 0. The van der Waals surface area contributed by atoms with Crippen LogP contribution < -0.4 is 0 Å². The van der Waals surface area contributed by atoms with E-state index < -0.39 is 7.32 Å². The van der Waals surface area contributed by atoms with E-state index in [1.54, 1.807) is 6.92 Å². The summed E-state index contributed by atoms with van der Waals surface area (Å²) in [4.78, 5) is 0. The van der Waals surface area contributed by atoms with Crippen molar-refractivity contribution in [1.82, 2.24) is 0 Å². The molecule has 0 spiro atoms. The summed E-state index contributed by atoms with van der Waals surface area (Å²) < 4.78 is 20.6. The summed E-state index contributed by atoms with van der Waals surface area (Å²) in [7, 11) is 0.695. The van der Waals surface area contributed by atoms with E-state index in [1.807, 2.05) is 0 Å². The minimum Gasteiger partial charge on any atom is -0.394 e. The Bertz CT molecular complexity index is 177.